The van der Waals surface area contributed by atoms with E-state index in [1.165, 1.54) is 5.69 Å². The van der Waals surface area contributed by atoms with Crippen LogP contribution in [0.15, 0.2) is 24.3 Å². The topological polar surface area (TPSA) is 81.9 Å². The molecule has 0 saturated carbocycles. The third kappa shape index (κ3) is 6.49. The lowest BCUT2D eigenvalue weighted by Gasteiger charge is -2.39. The average Bonchev–Trinajstić information content (AvgIpc) is 3.07. The zero-order valence-corrected chi connectivity index (χ0v) is 22.5. The summed E-state index contributed by atoms with van der Waals surface area (Å²) in [6.45, 7) is 9.73. The number of halogens is 3. The molecule has 1 aromatic carbocycles. The molecular formula is C24H38Cl3N5O2. The van der Waals surface area contributed by atoms with Crippen molar-refractivity contribution >= 4 is 53.9 Å². The Balaban J connectivity index is 0.00000204. The number of hydrogen-bond donors (Lipinski definition) is 2. The van der Waals surface area contributed by atoms with Gasteiger partial charge in [-0.15, -0.1) is 24.8 Å². The fourth-order valence-corrected chi connectivity index (χ4v) is 5.53. The van der Waals surface area contributed by atoms with Gasteiger partial charge >= 0.3 is 0 Å². The summed E-state index contributed by atoms with van der Waals surface area (Å²) in [5.74, 6) is 0.145. The molecule has 4 rings (SSSR count). The van der Waals surface area contributed by atoms with Crippen molar-refractivity contribution in [2.24, 2.45) is 11.1 Å². The van der Waals surface area contributed by atoms with Gasteiger partial charge in [0.25, 0.3) is 0 Å². The third-order valence-electron chi connectivity index (χ3n) is 7.35. The number of piperidine rings is 1. The fraction of sp³-hybridized carbons (Fsp3) is 0.667. The van der Waals surface area contributed by atoms with Gasteiger partial charge in [-0.25, -0.2) is 0 Å². The summed E-state index contributed by atoms with van der Waals surface area (Å²) in [6, 6.07) is 8.27. The van der Waals surface area contributed by atoms with Crippen LogP contribution in [0.3, 0.4) is 0 Å². The Bertz CT molecular complexity index is 847. The van der Waals surface area contributed by atoms with Gasteiger partial charge in [-0.3, -0.25) is 14.5 Å². The Morgan fingerprint density at radius 1 is 1.15 bits per heavy atom. The first-order valence-electron chi connectivity index (χ1n) is 11.8. The quantitative estimate of drug-likeness (QED) is 0.607. The monoisotopic (exact) mass is 533 g/mol. The predicted octanol–water partition coefficient (Wildman–Crippen LogP) is 2.93. The van der Waals surface area contributed by atoms with Crippen LogP contribution < -0.4 is 16.0 Å². The van der Waals surface area contributed by atoms with Crippen LogP contribution in [0, 0.1) is 5.41 Å². The number of nitrogens with two attached hydrogens (primary N) is 1. The minimum absolute atomic E-state index is 0. The van der Waals surface area contributed by atoms with Crippen molar-refractivity contribution < 1.29 is 9.59 Å². The van der Waals surface area contributed by atoms with Crippen molar-refractivity contribution in [3.8, 4) is 0 Å². The summed E-state index contributed by atoms with van der Waals surface area (Å²) in [5.41, 5.74) is 5.99. The Morgan fingerprint density at radius 3 is 2.38 bits per heavy atom. The van der Waals surface area contributed by atoms with E-state index in [0.717, 1.165) is 63.4 Å². The van der Waals surface area contributed by atoms with Crippen molar-refractivity contribution in [3.05, 3.63) is 29.3 Å². The van der Waals surface area contributed by atoms with Gasteiger partial charge in [0.05, 0.1) is 11.0 Å². The van der Waals surface area contributed by atoms with Gasteiger partial charge in [-0.2, -0.15) is 0 Å². The summed E-state index contributed by atoms with van der Waals surface area (Å²) in [6.07, 6.45) is 3.32. The summed E-state index contributed by atoms with van der Waals surface area (Å²) in [5, 5.41) is 4.03. The number of nitrogens with zero attached hydrogens (tertiary/aromatic N) is 3. The van der Waals surface area contributed by atoms with E-state index >= 15 is 0 Å². The summed E-state index contributed by atoms with van der Waals surface area (Å²) in [4.78, 5) is 32.0. The van der Waals surface area contributed by atoms with Crippen LogP contribution in [-0.2, 0) is 9.59 Å². The van der Waals surface area contributed by atoms with E-state index in [-0.39, 0.29) is 48.1 Å². The zero-order valence-electron chi connectivity index (χ0n) is 20.1. The van der Waals surface area contributed by atoms with Gasteiger partial charge in [0.2, 0.25) is 11.8 Å². The number of nitrogens with one attached hydrogen (secondary N) is 1. The summed E-state index contributed by atoms with van der Waals surface area (Å²) >= 11 is 6.14. The molecule has 3 heterocycles. The van der Waals surface area contributed by atoms with E-state index in [1.54, 1.807) is 13.8 Å². The average molecular weight is 535 g/mol. The molecule has 34 heavy (non-hydrogen) atoms. The summed E-state index contributed by atoms with van der Waals surface area (Å²) < 4.78 is 0. The maximum absolute atomic E-state index is 12.8. The first-order chi connectivity index (χ1) is 15.2. The second kappa shape index (κ2) is 11.7. The molecular weight excluding hydrogens is 497 g/mol. The second-order valence-corrected chi connectivity index (χ2v) is 10.7. The molecule has 3 aliphatic rings. The van der Waals surface area contributed by atoms with Gasteiger partial charge in [0, 0.05) is 62.6 Å². The molecule has 0 bridgehead atoms. The Hall–Kier alpha value is -1.25. The lowest BCUT2D eigenvalue weighted by Crippen LogP contribution is -2.55. The second-order valence-electron chi connectivity index (χ2n) is 10.3. The third-order valence-corrected chi connectivity index (χ3v) is 7.59. The molecule has 10 heteroatoms. The van der Waals surface area contributed by atoms with Crippen molar-refractivity contribution in [1.29, 1.82) is 0 Å². The lowest BCUT2D eigenvalue weighted by molar-refractivity contribution is -0.141. The molecule has 192 valence electrons. The molecule has 1 aromatic rings. The van der Waals surface area contributed by atoms with Crippen LogP contribution in [0.5, 0.6) is 0 Å². The molecule has 1 spiro atoms. The van der Waals surface area contributed by atoms with Crippen LogP contribution in [0.4, 0.5) is 5.69 Å². The van der Waals surface area contributed by atoms with Crippen LogP contribution in [0.1, 0.15) is 39.5 Å². The van der Waals surface area contributed by atoms with E-state index in [1.807, 2.05) is 23.1 Å². The molecule has 3 fully saturated rings. The molecule has 1 atom stereocenters. The first-order valence-corrected chi connectivity index (χ1v) is 12.2. The van der Waals surface area contributed by atoms with E-state index in [9.17, 15) is 9.59 Å². The SMILES string of the molecule is CC(C)(N)C(=O)N1CCC2(CC1)CC(CCN1CCN(c3cccc(Cl)c3)CC1)NC2=O.Cl.Cl. The van der Waals surface area contributed by atoms with Gasteiger partial charge in [0.15, 0.2) is 0 Å². The number of amides is 2. The zero-order chi connectivity index (χ0) is 22.9. The van der Waals surface area contributed by atoms with Crippen molar-refractivity contribution in [1.82, 2.24) is 15.1 Å². The van der Waals surface area contributed by atoms with Crippen molar-refractivity contribution in [3.63, 3.8) is 0 Å². The maximum atomic E-state index is 12.8. The number of carbonyl (C=O) groups is 2. The van der Waals surface area contributed by atoms with Crippen molar-refractivity contribution in [2.45, 2.75) is 51.1 Å². The van der Waals surface area contributed by atoms with Crippen LogP contribution >= 0.6 is 36.4 Å². The van der Waals surface area contributed by atoms with Crippen molar-refractivity contribution in [2.75, 3.05) is 50.7 Å². The minimum atomic E-state index is -0.859. The highest BCUT2D eigenvalue weighted by atomic mass is 35.5. The fourth-order valence-electron chi connectivity index (χ4n) is 5.35. The van der Waals surface area contributed by atoms with E-state index in [2.05, 4.69) is 21.2 Å². The highest BCUT2D eigenvalue weighted by Gasteiger charge is 2.49. The first kappa shape index (κ1) is 29.0. The van der Waals surface area contributed by atoms with Gasteiger partial charge < -0.3 is 20.9 Å². The van der Waals surface area contributed by atoms with Gasteiger partial charge in [-0.1, -0.05) is 17.7 Å². The molecule has 0 aromatic heterocycles. The molecule has 3 aliphatic heterocycles. The van der Waals surface area contributed by atoms with Gasteiger partial charge in [-0.05, 0) is 57.7 Å². The number of rotatable bonds is 5. The van der Waals surface area contributed by atoms with Crippen LogP contribution in [0.2, 0.25) is 5.02 Å². The highest BCUT2D eigenvalue weighted by molar-refractivity contribution is 6.30. The smallest absolute Gasteiger partial charge is 0.242 e. The van der Waals surface area contributed by atoms with E-state index in [0.29, 0.717) is 13.1 Å². The molecule has 0 aliphatic carbocycles. The number of likely N-dealkylation sites (tertiary alicyclic amines) is 1. The molecule has 3 N–H and O–H groups in total. The Labute approximate surface area is 220 Å². The number of anilines is 1. The largest absolute Gasteiger partial charge is 0.369 e. The number of benzene rings is 1. The molecule has 2 amide bonds. The van der Waals surface area contributed by atoms with Gasteiger partial charge in [0.1, 0.15) is 0 Å². The predicted molar refractivity (Wildman–Crippen MR) is 142 cm³/mol. The van der Waals surface area contributed by atoms with E-state index < -0.39 is 5.54 Å². The highest BCUT2D eigenvalue weighted by Crippen LogP contribution is 2.41. The number of hydrogen-bond acceptors (Lipinski definition) is 5. The molecule has 7 nitrogen and oxygen atoms in total. The standard InChI is InChI=1S/C24H36ClN5O2.2ClH/c1-23(2,26)22(32)30-10-7-24(8-11-30)17-19(27-21(24)31)6-9-28-12-14-29(15-13-28)20-5-3-4-18(25)16-20;;/h3-5,16,19H,6-15,17,26H2,1-2H3,(H,27,31);2*1H. The minimum Gasteiger partial charge on any atom is -0.369 e. The number of carbonyl (C=O) groups excluding carboxylic acids is 2. The van der Waals surface area contributed by atoms with E-state index in [4.69, 9.17) is 17.3 Å². The lowest BCUT2D eigenvalue weighted by atomic mass is 9.75. The molecule has 0 radical (unpaired) electrons. The maximum Gasteiger partial charge on any atom is 0.242 e. The molecule has 3 saturated heterocycles. The molecule has 1 unspecified atom stereocenters. The summed E-state index contributed by atoms with van der Waals surface area (Å²) in [7, 11) is 0. The number of piperazine rings is 1. The Kier molecular flexibility index (Phi) is 9.94. The normalized spacial score (nSPS) is 22.7. The van der Waals surface area contributed by atoms with Crippen LogP contribution in [0.25, 0.3) is 0 Å². The van der Waals surface area contributed by atoms with Crippen LogP contribution in [-0.4, -0.2) is 79.0 Å². The Morgan fingerprint density at radius 2 is 1.79 bits per heavy atom.